The summed E-state index contributed by atoms with van der Waals surface area (Å²) in [6.45, 7) is 11.2. The molecule has 0 unspecified atom stereocenters. The zero-order chi connectivity index (χ0) is 15.1. The predicted molar refractivity (Wildman–Crippen MR) is 79.2 cm³/mol. The fraction of sp³-hybridized carbons (Fsp3) is 0.769. The van der Waals surface area contributed by atoms with Crippen LogP contribution in [0.3, 0.4) is 0 Å². The van der Waals surface area contributed by atoms with Crippen molar-refractivity contribution >= 4 is 14.0 Å². The highest BCUT2D eigenvalue weighted by Gasteiger charge is 2.43. The molecule has 0 bridgehead atoms. The minimum Gasteiger partial charge on any atom is -0.414 e. The van der Waals surface area contributed by atoms with E-state index in [0.717, 1.165) is 12.8 Å². The van der Waals surface area contributed by atoms with Crippen LogP contribution in [0.5, 0.6) is 0 Å². The Morgan fingerprint density at radius 1 is 1.45 bits per heavy atom. The van der Waals surface area contributed by atoms with Crippen LogP contribution in [-0.4, -0.2) is 29.1 Å². The van der Waals surface area contributed by atoms with Crippen LogP contribution in [0.2, 0.25) is 18.1 Å². The molecule has 7 heteroatoms. The van der Waals surface area contributed by atoms with Gasteiger partial charge in [-0.2, -0.15) is 5.10 Å². The lowest BCUT2D eigenvalue weighted by Gasteiger charge is -2.44. The van der Waals surface area contributed by atoms with Crippen LogP contribution in [0.4, 0.5) is 5.69 Å². The Morgan fingerprint density at radius 2 is 2.05 bits per heavy atom. The maximum atomic E-state index is 10.6. The van der Waals surface area contributed by atoms with Crippen molar-refractivity contribution in [3.8, 4) is 0 Å². The van der Waals surface area contributed by atoms with E-state index in [1.54, 1.807) is 4.68 Å². The molecule has 0 aromatic carbocycles. The number of hydrogen-bond acceptors (Lipinski definition) is 4. The molecule has 0 saturated heterocycles. The Labute approximate surface area is 120 Å². The molecule has 20 heavy (non-hydrogen) atoms. The van der Waals surface area contributed by atoms with E-state index in [4.69, 9.17) is 4.43 Å². The lowest BCUT2D eigenvalue weighted by atomic mass is 9.90. The lowest BCUT2D eigenvalue weighted by molar-refractivity contribution is -0.385. The van der Waals surface area contributed by atoms with Gasteiger partial charge in [-0.25, -0.2) is 0 Å². The van der Waals surface area contributed by atoms with Gasteiger partial charge >= 0.3 is 5.69 Å². The maximum Gasteiger partial charge on any atom is 0.307 e. The van der Waals surface area contributed by atoms with Crippen LogP contribution in [0.25, 0.3) is 0 Å². The first-order valence-electron chi connectivity index (χ1n) is 6.96. The quantitative estimate of drug-likeness (QED) is 0.484. The molecule has 0 spiro atoms. The third-order valence-electron chi connectivity index (χ3n) is 4.51. The van der Waals surface area contributed by atoms with E-state index >= 15 is 0 Å². The fourth-order valence-electron chi connectivity index (χ4n) is 2.07. The summed E-state index contributed by atoms with van der Waals surface area (Å²) in [4.78, 5) is 10.2. The molecular weight excluding hydrogens is 274 g/mol. The van der Waals surface area contributed by atoms with Crippen LogP contribution in [0, 0.1) is 10.1 Å². The topological polar surface area (TPSA) is 70.2 Å². The first-order chi connectivity index (χ1) is 9.10. The van der Waals surface area contributed by atoms with E-state index < -0.39 is 13.2 Å². The van der Waals surface area contributed by atoms with Crippen LogP contribution in [-0.2, 0) is 4.43 Å². The van der Waals surface area contributed by atoms with Gasteiger partial charge in [-0.15, -0.1) is 0 Å². The number of nitro groups is 1. The van der Waals surface area contributed by atoms with Crippen molar-refractivity contribution in [2.24, 2.45) is 0 Å². The smallest absolute Gasteiger partial charge is 0.307 e. The first kappa shape index (κ1) is 15.2. The predicted octanol–water partition coefficient (Wildman–Crippen LogP) is 3.52. The Balaban J connectivity index is 1.90. The average molecular weight is 297 g/mol. The van der Waals surface area contributed by atoms with Gasteiger partial charge in [-0.3, -0.25) is 14.8 Å². The van der Waals surface area contributed by atoms with Crippen LogP contribution in [0.1, 0.15) is 39.7 Å². The van der Waals surface area contributed by atoms with Crippen LogP contribution < -0.4 is 0 Å². The van der Waals surface area contributed by atoms with Crippen molar-refractivity contribution in [1.29, 1.82) is 0 Å². The van der Waals surface area contributed by atoms with Gasteiger partial charge in [0.15, 0.2) is 8.32 Å². The molecule has 0 aliphatic heterocycles. The average Bonchev–Trinajstić information content (AvgIpc) is 2.69. The minimum absolute atomic E-state index is 0.0544. The van der Waals surface area contributed by atoms with Crippen molar-refractivity contribution in [3.05, 3.63) is 22.5 Å². The summed E-state index contributed by atoms with van der Waals surface area (Å²) in [5, 5.41) is 14.9. The molecule has 0 atom stereocenters. The summed E-state index contributed by atoms with van der Waals surface area (Å²) >= 11 is 0. The monoisotopic (exact) mass is 297 g/mol. The molecular formula is C13H23N3O3Si. The molecule has 1 saturated carbocycles. The van der Waals surface area contributed by atoms with E-state index in [1.165, 1.54) is 12.4 Å². The van der Waals surface area contributed by atoms with E-state index in [2.05, 4.69) is 39.0 Å². The molecule has 0 radical (unpaired) electrons. The molecule has 1 aliphatic carbocycles. The Kier molecular flexibility index (Phi) is 3.77. The summed E-state index contributed by atoms with van der Waals surface area (Å²) in [6, 6.07) is 0.235. The molecule has 6 nitrogen and oxygen atoms in total. The minimum atomic E-state index is -1.72. The summed E-state index contributed by atoms with van der Waals surface area (Å²) in [7, 11) is -1.72. The van der Waals surface area contributed by atoms with Gasteiger partial charge in [0.25, 0.3) is 0 Å². The molecule has 0 amide bonds. The standard InChI is InChI=1S/C13H23N3O3Si/c1-13(2,3)20(4,5)19-12-6-10(7-12)15-9-11(8-14-15)16(17)18/h8-10,12H,6-7H2,1-5H3. The van der Waals surface area contributed by atoms with Crippen molar-refractivity contribution in [1.82, 2.24) is 9.78 Å². The van der Waals surface area contributed by atoms with Crippen LogP contribution >= 0.6 is 0 Å². The molecule has 1 fully saturated rings. The fourth-order valence-corrected chi connectivity index (χ4v) is 3.44. The molecule has 1 aliphatic rings. The second kappa shape index (κ2) is 4.96. The summed E-state index contributed by atoms with van der Waals surface area (Å²) in [5.41, 5.74) is 0.0544. The van der Waals surface area contributed by atoms with E-state index in [9.17, 15) is 10.1 Å². The Hall–Kier alpha value is -1.21. The van der Waals surface area contributed by atoms with Crippen molar-refractivity contribution in [3.63, 3.8) is 0 Å². The highest BCUT2D eigenvalue weighted by atomic mass is 28.4. The largest absolute Gasteiger partial charge is 0.414 e. The third-order valence-corrected chi connectivity index (χ3v) is 9.05. The van der Waals surface area contributed by atoms with Crippen molar-refractivity contribution < 1.29 is 9.35 Å². The van der Waals surface area contributed by atoms with Gasteiger partial charge in [-0.1, -0.05) is 20.8 Å². The molecule has 2 rings (SSSR count). The number of aromatic nitrogens is 2. The highest BCUT2D eigenvalue weighted by molar-refractivity contribution is 6.74. The second-order valence-corrected chi connectivity index (χ2v) is 11.8. The molecule has 0 N–H and O–H groups in total. The Morgan fingerprint density at radius 3 is 2.50 bits per heavy atom. The zero-order valence-corrected chi connectivity index (χ0v) is 13.8. The van der Waals surface area contributed by atoms with E-state index in [-0.39, 0.29) is 22.9 Å². The molecule has 1 aromatic rings. The number of nitrogens with zero attached hydrogens (tertiary/aromatic N) is 3. The number of hydrogen-bond donors (Lipinski definition) is 0. The normalized spacial score (nSPS) is 23.4. The molecule has 112 valence electrons. The molecule has 1 aromatic heterocycles. The van der Waals surface area contributed by atoms with E-state index in [1.807, 2.05) is 0 Å². The maximum absolute atomic E-state index is 10.6. The van der Waals surface area contributed by atoms with Gasteiger partial charge < -0.3 is 4.43 Å². The second-order valence-electron chi connectivity index (χ2n) is 7.06. The Bertz CT molecular complexity index is 501. The summed E-state index contributed by atoms with van der Waals surface area (Å²) < 4.78 is 8.01. The lowest BCUT2D eigenvalue weighted by Crippen LogP contribution is -2.47. The summed E-state index contributed by atoms with van der Waals surface area (Å²) in [6.07, 6.45) is 4.87. The highest BCUT2D eigenvalue weighted by Crippen LogP contribution is 2.42. The van der Waals surface area contributed by atoms with Gasteiger partial charge in [0.1, 0.15) is 12.4 Å². The number of rotatable bonds is 4. The SMILES string of the molecule is CC(C)(C)[Si](C)(C)OC1CC(n2cc([N+](=O)[O-])cn2)C1. The van der Waals surface area contributed by atoms with Crippen molar-refractivity contribution in [2.45, 2.75) is 63.9 Å². The van der Waals surface area contributed by atoms with E-state index in [0.29, 0.717) is 0 Å². The van der Waals surface area contributed by atoms with Gasteiger partial charge in [0.05, 0.1) is 11.0 Å². The zero-order valence-electron chi connectivity index (χ0n) is 12.8. The van der Waals surface area contributed by atoms with Gasteiger partial charge in [0, 0.05) is 6.10 Å². The third kappa shape index (κ3) is 2.93. The summed E-state index contributed by atoms with van der Waals surface area (Å²) in [5.74, 6) is 0. The van der Waals surface area contributed by atoms with Crippen LogP contribution in [0.15, 0.2) is 12.4 Å². The van der Waals surface area contributed by atoms with Crippen molar-refractivity contribution in [2.75, 3.05) is 0 Å². The van der Waals surface area contributed by atoms with Gasteiger partial charge in [-0.05, 0) is 31.0 Å². The van der Waals surface area contributed by atoms with Gasteiger partial charge in [0.2, 0.25) is 0 Å². The molecule has 1 heterocycles. The first-order valence-corrected chi connectivity index (χ1v) is 9.87.